The molecule has 1 saturated heterocycles. The summed E-state index contributed by atoms with van der Waals surface area (Å²) in [5.41, 5.74) is 0. The van der Waals surface area contributed by atoms with Gasteiger partial charge in [-0.15, -0.1) is 0 Å². The van der Waals surface area contributed by atoms with Crippen LogP contribution in [0.5, 0.6) is 0 Å². The molecular formula is C13H23NO2. The molecule has 2 atom stereocenters. The van der Waals surface area contributed by atoms with Gasteiger partial charge in [0.1, 0.15) is 0 Å². The van der Waals surface area contributed by atoms with E-state index in [1.165, 1.54) is 19.3 Å². The van der Waals surface area contributed by atoms with Gasteiger partial charge in [-0.2, -0.15) is 0 Å². The minimum Gasteiger partial charge on any atom is -0.394 e. The first-order valence-corrected chi connectivity index (χ1v) is 6.65. The van der Waals surface area contributed by atoms with Crippen LogP contribution in [0, 0.1) is 11.8 Å². The predicted molar refractivity (Wildman–Crippen MR) is 62.9 cm³/mol. The van der Waals surface area contributed by atoms with E-state index < -0.39 is 0 Å². The molecule has 1 amide bonds. The highest BCUT2D eigenvalue weighted by molar-refractivity contribution is 5.79. The Hall–Kier alpha value is -0.570. The maximum absolute atomic E-state index is 12.3. The lowest BCUT2D eigenvalue weighted by molar-refractivity contribution is -0.138. The summed E-state index contributed by atoms with van der Waals surface area (Å²) in [4.78, 5) is 14.3. The lowest BCUT2D eigenvalue weighted by atomic mass is 9.88. The Morgan fingerprint density at radius 1 is 1.25 bits per heavy atom. The third-order valence-electron chi connectivity index (χ3n) is 4.31. The van der Waals surface area contributed by atoms with Crippen molar-refractivity contribution in [3.63, 3.8) is 0 Å². The zero-order chi connectivity index (χ0) is 11.5. The van der Waals surface area contributed by atoms with Gasteiger partial charge in [0.15, 0.2) is 0 Å². The minimum atomic E-state index is 0.0782. The van der Waals surface area contributed by atoms with E-state index in [9.17, 15) is 9.90 Å². The molecule has 1 aliphatic carbocycles. The molecule has 2 unspecified atom stereocenters. The van der Waals surface area contributed by atoms with E-state index in [1.807, 2.05) is 4.90 Å². The largest absolute Gasteiger partial charge is 0.394 e. The Morgan fingerprint density at radius 3 is 2.56 bits per heavy atom. The van der Waals surface area contributed by atoms with Gasteiger partial charge in [0.2, 0.25) is 5.91 Å². The third kappa shape index (κ3) is 2.24. The number of aliphatic hydroxyl groups excluding tert-OH is 1. The first-order valence-electron chi connectivity index (χ1n) is 6.65. The average molecular weight is 225 g/mol. The molecule has 16 heavy (non-hydrogen) atoms. The molecule has 0 aromatic carbocycles. The number of likely N-dealkylation sites (tertiary alicyclic amines) is 1. The van der Waals surface area contributed by atoms with E-state index in [4.69, 9.17) is 0 Å². The van der Waals surface area contributed by atoms with Gasteiger partial charge < -0.3 is 10.0 Å². The fourth-order valence-electron chi connectivity index (χ4n) is 3.14. The fourth-order valence-corrected chi connectivity index (χ4v) is 3.14. The molecule has 2 aliphatic rings. The molecule has 3 heteroatoms. The maximum Gasteiger partial charge on any atom is 0.226 e. The SMILES string of the molecule is CC1CCN(C(=O)C2CCCCC2)C1CO. The molecule has 0 aromatic heterocycles. The molecule has 1 heterocycles. The standard InChI is InChI=1S/C13H23NO2/c1-10-7-8-14(12(10)9-15)13(16)11-5-3-2-4-6-11/h10-12,15H,2-9H2,1H3. The Balaban J connectivity index is 1.97. The van der Waals surface area contributed by atoms with Gasteiger partial charge in [0.25, 0.3) is 0 Å². The van der Waals surface area contributed by atoms with Crippen molar-refractivity contribution in [3.8, 4) is 0 Å². The molecule has 1 saturated carbocycles. The van der Waals surface area contributed by atoms with Gasteiger partial charge in [-0.25, -0.2) is 0 Å². The maximum atomic E-state index is 12.3. The van der Waals surface area contributed by atoms with E-state index in [0.717, 1.165) is 25.8 Å². The number of carbonyl (C=O) groups excluding carboxylic acids is 1. The van der Waals surface area contributed by atoms with Gasteiger partial charge in [0, 0.05) is 12.5 Å². The smallest absolute Gasteiger partial charge is 0.226 e. The highest BCUT2D eigenvalue weighted by Crippen LogP contribution is 2.30. The van der Waals surface area contributed by atoms with E-state index in [-0.39, 0.29) is 18.6 Å². The van der Waals surface area contributed by atoms with Crippen molar-refractivity contribution in [3.05, 3.63) is 0 Å². The molecule has 3 nitrogen and oxygen atoms in total. The molecule has 1 N–H and O–H groups in total. The van der Waals surface area contributed by atoms with Gasteiger partial charge in [-0.1, -0.05) is 26.2 Å². The van der Waals surface area contributed by atoms with Crippen molar-refractivity contribution in [2.45, 2.75) is 51.5 Å². The zero-order valence-corrected chi connectivity index (χ0v) is 10.2. The third-order valence-corrected chi connectivity index (χ3v) is 4.31. The summed E-state index contributed by atoms with van der Waals surface area (Å²) in [6, 6.07) is 0.0782. The zero-order valence-electron chi connectivity index (χ0n) is 10.2. The second kappa shape index (κ2) is 5.17. The van der Waals surface area contributed by atoms with Crippen molar-refractivity contribution < 1.29 is 9.90 Å². The molecule has 92 valence electrons. The summed E-state index contributed by atoms with van der Waals surface area (Å²) >= 11 is 0. The van der Waals surface area contributed by atoms with Crippen molar-refractivity contribution in [2.24, 2.45) is 11.8 Å². The van der Waals surface area contributed by atoms with Crippen LogP contribution in [0.3, 0.4) is 0 Å². The topological polar surface area (TPSA) is 40.5 Å². The number of hydrogen-bond donors (Lipinski definition) is 1. The van der Waals surface area contributed by atoms with Crippen LogP contribution in [-0.4, -0.2) is 35.1 Å². The lowest BCUT2D eigenvalue weighted by Gasteiger charge is -2.30. The van der Waals surface area contributed by atoms with Gasteiger partial charge in [-0.3, -0.25) is 4.79 Å². The molecule has 0 bridgehead atoms. The number of hydrogen-bond acceptors (Lipinski definition) is 2. The summed E-state index contributed by atoms with van der Waals surface area (Å²) < 4.78 is 0. The second-order valence-corrected chi connectivity index (χ2v) is 5.38. The normalized spacial score (nSPS) is 32.0. The molecule has 2 fully saturated rings. The van der Waals surface area contributed by atoms with Crippen molar-refractivity contribution in [1.82, 2.24) is 4.90 Å². The number of carbonyl (C=O) groups is 1. The quantitative estimate of drug-likeness (QED) is 0.778. The molecule has 0 spiro atoms. The van der Waals surface area contributed by atoms with Crippen molar-refractivity contribution in [2.75, 3.05) is 13.2 Å². The summed E-state index contributed by atoms with van der Waals surface area (Å²) in [5, 5.41) is 9.36. The van der Waals surface area contributed by atoms with Crippen LogP contribution in [0.15, 0.2) is 0 Å². The van der Waals surface area contributed by atoms with Gasteiger partial charge in [-0.05, 0) is 25.2 Å². The highest BCUT2D eigenvalue weighted by atomic mass is 16.3. The molecule has 0 radical (unpaired) electrons. The Kier molecular flexibility index (Phi) is 3.85. The van der Waals surface area contributed by atoms with Gasteiger partial charge >= 0.3 is 0 Å². The van der Waals surface area contributed by atoms with Crippen molar-refractivity contribution in [1.29, 1.82) is 0 Å². The summed E-state index contributed by atoms with van der Waals surface area (Å²) in [6.07, 6.45) is 6.84. The number of rotatable bonds is 2. The number of nitrogens with zero attached hydrogens (tertiary/aromatic N) is 1. The van der Waals surface area contributed by atoms with Crippen LogP contribution in [0.1, 0.15) is 45.4 Å². The fraction of sp³-hybridized carbons (Fsp3) is 0.923. The van der Waals surface area contributed by atoms with Crippen LogP contribution in [0.25, 0.3) is 0 Å². The first kappa shape index (κ1) is 11.9. The monoisotopic (exact) mass is 225 g/mol. The summed E-state index contributed by atoms with van der Waals surface area (Å²) in [7, 11) is 0. The van der Waals surface area contributed by atoms with Crippen molar-refractivity contribution >= 4 is 5.91 Å². The van der Waals surface area contributed by atoms with E-state index >= 15 is 0 Å². The van der Waals surface area contributed by atoms with E-state index in [2.05, 4.69) is 6.92 Å². The Morgan fingerprint density at radius 2 is 1.94 bits per heavy atom. The van der Waals surface area contributed by atoms with Crippen LogP contribution in [0.4, 0.5) is 0 Å². The van der Waals surface area contributed by atoms with Crippen LogP contribution in [-0.2, 0) is 4.79 Å². The summed E-state index contributed by atoms with van der Waals surface area (Å²) in [5.74, 6) is 1.01. The minimum absolute atomic E-state index is 0.0782. The Labute approximate surface area is 97.8 Å². The average Bonchev–Trinajstić information content (AvgIpc) is 2.70. The molecule has 1 aliphatic heterocycles. The summed E-state index contributed by atoms with van der Waals surface area (Å²) in [6.45, 7) is 3.11. The van der Waals surface area contributed by atoms with Crippen LogP contribution in [0.2, 0.25) is 0 Å². The predicted octanol–water partition coefficient (Wildman–Crippen LogP) is 1.80. The van der Waals surface area contributed by atoms with Crippen LogP contribution < -0.4 is 0 Å². The molecular weight excluding hydrogens is 202 g/mol. The van der Waals surface area contributed by atoms with E-state index in [0.29, 0.717) is 11.8 Å². The van der Waals surface area contributed by atoms with E-state index in [1.54, 1.807) is 0 Å². The van der Waals surface area contributed by atoms with Gasteiger partial charge in [0.05, 0.1) is 12.6 Å². The molecule has 2 rings (SSSR count). The number of amides is 1. The lowest BCUT2D eigenvalue weighted by Crippen LogP contribution is -2.43. The number of aliphatic hydroxyl groups is 1. The first-order chi connectivity index (χ1) is 7.74. The molecule has 0 aromatic rings. The Bertz CT molecular complexity index is 248. The second-order valence-electron chi connectivity index (χ2n) is 5.38. The highest BCUT2D eigenvalue weighted by Gasteiger charge is 2.36. The van der Waals surface area contributed by atoms with Crippen LogP contribution >= 0.6 is 0 Å².